The van der Waals surface area contributed by atoms with Crippen LogP contribution in [0.3, 0.4) is 0 Å². The van der Waals surface area contributed by atoms with Crippen molar-refractivity contribution >= 4 is 16.4 Å². The molecule has 0 bridgehead atoms. The summed E-state index contributed by atoms with van der Waals surface area (Å²) < 4.78 is 13.6. The van der Waals surface area contributed by atoms with Crippen LogP contribution in [0.2, 0.25) is 0 Å². The maximum Gasteiger partial charge on any atom is 0.378 e. The van der Waals surface area contributed by atoms with E-state index in [4.69, 9.17) is 0 Å². The summed E-state index contributed by atoms with van der Waals surface area (Å²) in [7, 11) is -2.87. The van der Waals surface area contributed by atoms with E-state index in [0.717, 1.165) is 20.9 Å². The maximum absolute atomic E-state index is 13.6. The van der Waals surface area contributed by atoms with Crippen molar-refractivity contribution in [1.29, 1.82) is 0 Å². The van der Waals surface area contributed by atoms with Gasteiger partial charge in [-0.05, 0) is 46.7 Å². The lowest BCUT2D eigenvalue weighted by Crippen LogP contribution is -2.17. The second-order valence-electron chi connectivity index (χ2n) is 8.82. The van der Waals surface area contributed by atoms with Crippen LogP contribution < -0.4 is 0 Å². The zero-order valence-electron chi connectivity index (χ0n) is 18.2. The molecule has 3 rings (SSSR count). The smallest absolute Gasteiger partial charge is 0.317 e. The van der Waals surface area contributed by atoms with Crippen LogP contribution >= 0.6 is 16.4 Å². The van der Waals surface area contributed by atoms with Crippen LogP contribution in [0.1, 0.15) is 51.7 Å². The zero-order valence-corrected chi connectivity index (χ0v) is 20.0. The minimum absolute atomic E-state index is 0.130. The normalized spacial score (nSPS) is 15.6. The Balaban J connectivity index is 2.60. The first kappa shape index (κ1) is 22.8. The van der Waals surface area contributed by atoms with Gasteiger partial charge in [0.1, 0.15) is 0 Å². The number of hydrogen-bond donors (Lipinski definition) is 2. The van der Waals surface area contributed by atoms with Gasteiger partial charge >= 0.3 is 6.80 Å². The Hall–Kier alpha value is -1.84. The Labute approximate surface area is 181 Å². The van der Waals surface area contributed by atoms with Gasteiger partial charge in [0, 0.05) is 14.7 Å². The summed E-state index contributed by atoms with van der Waals surface area (Å²) >= 11 is 0. The lowest BCUT2D eigenvalue weighted by Gasteiger charge is -2.45. The fraction of sp³-hybridized carbons (Fsp3) is 0.280. The molecule has 2 N–H and O–H groups in total. The Morgan fingerprint density at radius 3 is 1.80 bits per heavy atom. The Morgan fingerprint density at radius 1 is 0.767 bits per heavy atom. The number of benzene rings is 3. The molecule has 0 aliphatic carbocycles. The third kappa shape index (κ3) is 3.90. The lowest BCUT2D eigenvalue weighted by atomic mass is 9.87. The number of rotatable bonds is 5. The van der Waals surface area contributed by atoms with Crippen LogP contribution in [0.5, 0.6) is 0 Å². The topological polar surface area (TPSA) is 57.5 Å². The van der Waals surface area contributed by atoms with Crippen molar-refractivity contribution in [3.63, 3.8) is 0 Å². The van der Waals surface area contributed by atoms with Crippen molar-refractivity contribution in [3.8, 4) is 0 Å². The van der Waals surface area contributed by atoms with Crippen LogP contribution in [0.4, 0.5) is 0 Å². The standard InChI is InChI=1S/C25H31O3PS/c1-19(2)21-15-9-11-17-23(21)30(29(26,27)28,20-13-7-6-8-14-20)24-18-12-10-16-22(24)25(3,4)5/h6-19H,1-5H3,(H2,26,27,28). The summed E-state index contributed by atoms with van der Waals surface area (Å²) in [5.74, 6) is 0.130. The van der Waals surface area contributed by atoms with Crippen LogP contribution in [0, 0.1) is 0 Å². The molecule has 160 valence electrons. The molecule has 0 amide bonds. The van der Waals surface area contributed by atoms with E-state index in [2.05, 4.69) is 34.6 Å². The van der Waals surface area contributed by atoms with Gasteiger partial charge in [-0.25, -0.2) is 4.57 Å². The minimum Gasteiger partial charge on any atom is -0.317 e. The summed E-state index contributed by atoms with van der Waals surface area (Å²) in [6, 6.07) is 24.9. The largest absolute Gasteiger partial charge is 0.378 e. The highest BCUT2D eigenvalue weighted by molar-refractivity contribution is 8.76. The summed E-state index contributed by atoms with van der Waals surface area (Å²) in [4.78, 5) is 24.4. The average Bonchev–Trinajstić information content (AvgIpc) is 2.68. The van der Waals surface area contributed by atoms with Crippen LogP contribution in [-0.2, 0) is 9.98 Å². The van der Waals surface area contributed by atoms with Gasteiger partial charge in [-0.1, -0.05) is 98.9 Å². The van der Waals surface area contributed by atoms with Gasteiger partial charge in [0.15, 0.2) is 0 Å². The second-order valence-corrected chi connectivity index (χ2v) is 15.4. The Morgan fingerprint density at radius 2 is 1.27 bits per heavy atom. The zero-order chi connectivity index (χ0) is 22.2. The van der Waals surface area contributed by atoms with E-state index in [9.17, 15) is 14.4 Å². The molecule has 0 heterocycles. The first-order valence-corrected chi connectivity index (χ1v) is 14.0. The molecule has 30 heavy (non-hydrogen) atoms. The Kier molecular flexibility index (Phi) is 6.36. The van der Waals surface area contributed by atoms with E-state index < -0.39 is 16.4 Å². The lowest BCUT2D eigenvalue weighted by molar-refractivity contribution is 0.395. The van der Waals surface area contributed by atoms with Crippen molar-refractivity contribution in [2.45, 2.75) is 60.6 Å². The van der Waals surface area contributed by atoms with Gasteiger partial charge in [-0.15, -0.1) is 0 Å². The van der Waals surface area contributed by atoms with E-state index in [-0.39, 0.29) is 11.3 Å². The van der Waals surface area contributed by atoms with Crippen LogP contribution in [-0.4, -0.2) is 9.79 Å². The monoisotopic (exact) mass is 442 g/mol. The molecule has 0 saturated carbocycles. The first-order valence-electron chi connectivity index (χ1n) is 10.1. The molecule has 0 aromatic heterocycles. The third-order valence-electron chi connectivity index (χ3n) is 5.31. The van der Waals surface area contributed by atoms with Gasteiger partial charge in [0.05, 0.1) is 0 Å². The molecule has 0 aliphatic heterocycles. The molecule has 1 atom stereocenters. The molecule has 0 aliphatic rings. The fourth-order valence-electron chi connectivity index (χ4n) is 3.95. The molecular formula is C25H31O3PS. The van der Waals surface area contributed by atoms with Crippen molar-refractivity contribution in [2.24, 2.45) is 0 Å². The molecule has 0 radical (unpaired) electrons. The molecular weight excluding hydrogens is 411 g/mol. The predicted molar refractivity (Wildman–Crippen MR) is 127 cm³/mol. The average molecular weight is 443 g/mol. The van der Waals surface area contributed by atoms with Crippen molar-refractivity contribution in [2.75, 3.05) is 0 Å². The molecule has 1 unspecified atom stereocenters. The van der Waals surface area contributed by atoms with E-state index in [1.165, 1.54) is 0 Å². The summed E-state index contributed by atoms with van der Waals surface area (Å²) in [6.07, 6.45) is 0. The highest BCUT2D eigenvalue weighted by atomic mass is 32.8. The molecule has 3 aromatic rings. The van der Waals surface area contributed by atoms with E-state index in [1.54, 1.807) is 0 Å². The summed E-state index contributed by atoms with van der Waals surface area (Å²) in [6.45, 7) is 5.77. The maximum atomic E-state index is 13.6. The van der Waals surface area contributed by atoms with Gasteiger partial charge in [-0.2, -0.15) is 0 Å². The first-order chi connectivity index (χ1) is 14.0. The van der Waals surface area contributed by atoms with Crippen molar-refractivity contribution < 1.29 is 14.4 Å². The van der Waals surface area contributed by atoms with Crippen molar-refractivity contribution in [3.05, 3.63) is 90.0 Å². The van der Waals surface area contributed by atoms with E-state index in [1.807, 2.05) is 78.9 Å². The molecule has 0 spiro atoms. The summed E-state index contributed by atoms with van der Waals surface area (Å²) in [5, 5.41) is 0. The highest BCUT2D eigenvalue weighted by Gasteiger charge is 2.49. The Bertz CT molecular complexity index is 1070. The van der Waals surface area contributed by atoms with Crippen LogP contribution in [0.25, 0.3) is 0 Å². The van der Waals surface area contributed by atoms with Crippen LogP contribution in [0.15, 0.2) is 93.5 Å². The molecule has 0 fully saturated rings. The van der Waals surface area contributed by atoms with Gasteiger partial charge in [0.25, 0.3) is 0 Å². The van der Waals surface area contributed by atoms with Gasteiger partial charge < -0.3 is 9.79 Å². The fourth-order valence-corrected chi connectivity index (χ4v) is 11.6. The third-order valence-corrected chi connectivity index (χ3v) is 12.9. The van der Waals surface area contributed by atoms with Gasteiger partial charge in [0.2, 0.25) is 0 Å². The summed E-state index contributed by atoms with van der Waals surface area (Å²) in [5.41, 5.74) is 1.67. The van der Waals surface area contributed by atoms with Crippen molar-refractivity contribution in [1.82, 2.24) is 0 Å². The highest BCUT2D eigenvalue weighted by Crippen LogP contribution is 2.90. The SMILES string of the molecule is CC(C)c1ccccc1S(c1ccccc1)(c1ccccc1C(C)(C)C)P(=O)(O)O. The van der Waals surface area contributed by atoms with E-state index in [0.29, 0.717) is 4.90 Å². The number of hydrogen-bond acceptors (Lipinski definition) is 1. The minimum atomic E-state index is -4.65. The molecule has 3 aromatic carbocycles. The van der Waals surface area contributed by atoms with E-state index >= 15 is 0 Å². The predicted octanol–water partition coefficient (Wildman–Crippen LogP) is 7.48. The van der Waals surface area contributed by atoms with Gasteiger partial charge in [-0.3, -0.25) is 0 Å². The second kappa shape index (κ2) is 8.36. The molecule has 0 saturated heterocycles. The molecule has 3 nitrogen and oxygen atoms in total. The quantitative estimate of drug-likeness (QED) is 0.403. The molecule has 5 heteroatoms.